The van der Waals surface area contributed by atoms with E-state index in [0.29, 0.717) is 28.1 Å². The molecule has 4 rings (SSSR count). The van der Waals surface area contributed by atoms with Crippen molar-refractivity contribution in [3.8, 4) is 0 Å². The minimum atomic E-state index is -1.19. The van der Waals surface area contributed by atoms with Gasteiger partial charge in [0.25, 0.3) is 11.8 Å². The van der Waals surface area contributed by atoms with Crippen molar-refractivity contribution in [2.24, 2.45) is 0 Å². The molecular weight excluding hydrogens is 513 g/mol. The highest BCUT2D eigenvalue weighted by Crippen LogP contribution is 2.24. The van der Waals surface area contributed by atoms with E-state index in [1.165, 1.54) is 17.0 Å². The molecule has 1 saturated heterocycles. The van der Waals surface area contributed by atoms with Crippen LogP contribution in [0, 0.1) is 5.82 Å². The minimum absolute atomic E-state index is 0.0319. The van der Waals surface area contributed by atoms with Crippen LogP contribution in [0.15, 0.2) is 30.3 Å². The maximum atomic E-state index is 14.8. The van der Waals surface area contributed by atoms with Crippen LogP contribution >= 0.6 is 22.9 Å². The van der Waals surface area contributed by atoms with E-state index < -0.39 is 29.7 Å². The number of carbonyl (C=O) groups excluding carboxylic acids is 4. The highest BCUT2D eigenvalue weighted by atomic mass is 35.5. The summed E-state index contributed by atoms with van der Waals surface area (Å²) in [5.41, 5.74) is 0.210. The number of thiophene rings is 1. The number of ether oxygens (including phenoxy) is 1. The van der Waals surface area contributed by atoms with E-state index in [-0.39, 0.29) is 30.8 Å². The number of nitrogens with one attached hydrogen (secondary N) is 4. The number of amides is 5. The molecule has 1 atom stereocenters. The first-order valence-corrected chi connectivity index (χ1v) is 12.6. The predicted molar refractivity (Wildman–Crippen MR) is 133 cm³/mol. The first-order chi connectivity index (χ1) is 17.3. The number of morpholine rings is 1. The Kier molecular flexibility index (Phi) is 8.39. The van der Waals surface area contributed by atoms with Gasteiger partial charge in [0.1, 0.15) is 18.5 Å². The average molecular weight is 538 g/mol. The van der Waals surface area contributed by atoms with Crippen molar-refractivity contribution in [3.05, 3.63) is 45.4 Å². The molecule has 2 aromatic rings. The van der Waals surface area contributed by atoms with Gasteiger partial charge in [-0.1, -0.05) is 11.6 Å². The smallest absolute Gasteiger partial charge is 0.315 e. The van der Waals surface area contributed by atoms with Crippen LogP contribution in [-0.4, -0.2) is 62.1 Å². The van der Waals surface area contributed by atoms with Crippen LogP contribution in [-0.2, 0) is 14.3 Å². The molecule has 0 unspecified atom stereocenters. The molecule has 1 aromatic heterocycles. The van der Waals surface area contributed by atoms with Gasteiger partial charge in [-0.3, -0.25) is 14.4 Å². The van der Waals surface area contributed by atoms with Crippen molar-refractivity contribution < 1.29 is 28.3 Å². The lowest BCUT2D eigenvalue weighted by Gasteiger charge is -2.28. The Morgan fingerprint density at radius 1 is 1.22 bits per heavy atom. The van der Waals surface area contributed by atoms with Gasteiger partial charge in [-0.2, -0.15) is 0 Å². The monoisotopic (exact) mass is 537 g/mol. The van der Waals surface area contributed by atoms with Crippen LogP contribution in [0.25, 0.3) is 0 Å². The summed E-state index contributed by atoms with van der Waals surface area (Å²) in [6, 6.07) is 5.40. The van der Waals surface area contributed by atoms with Gasteiger partial charge in [0.15, 0.2) is 0 Å². The number of halogens is 2. The Morgan fingerprint density at radius 3 is 2.67 bits per heavy atom. The standard InChI is InChI=1S/C23H25ClFN5O5S/c24-19-7-6-18(36-19)22(33)26-11-17(29-23(34)27-13-2-1-3-13)21(32)28-16-5-4-14(10-15(16)25)30-8-9-35-12-20(30)31/h4-7,10,13,17H,1-3,8-9,11-12H2,(H,26,33)(H,28,32)(H2,27,29,34)/t17-/m0/s1. The lowest BCUT2D eigenvalue weighted by atomic mass is 9.93. The third-order valence-electron chi connectivity index (χ3n) is 5.83. The van der Waals surface area contributed by atoms with Gasteiger partial charge >= 0.3 is 6.03 Å². The molecule has 1 aliphatic carbocycles. The van der Waals surface area contributed by atoms with Gasteiger partial charge in [0.05, 0.1) is 21.5 Å². The number of hydrogen-bond donors (Lipinski definition) is 4. The number of benzene rings is 1. The zero-order valence-corrected chi connectivity index (χ0v) is 20.7. The molecule has 0 spiro atoms. The van der Waals surface area contributed by atoms with E-state index in [9.17, 15) is 23.6 Å². The first-order valence-electron chi connectivity index (χ1n) is 11.4. The molecule has 192 valence electrons. The van der Waals surface area contributed by atoms with Gasteiger partial charge in [-0.25, -0.2) is 9.18 Å². The molecule has 10 nitrogen and oxygen atoms in total. The lowest BCUT2D eigenvalue weighted by molar-refractivity contribution is -0.125. The van der Waals surface area contributed by atoms with Gasteiger partial charge in [-0.05, 0) is 49.6 Å². The van der Waals surface area contributed by atoms with E-state index >= 15 is 0 Å². The number of rotatable bonds is 8. The molecule has 4 N–H and O–H groups in total. The molecule has 1 aromatic carbocycles. The summed E-state index contributed by atoms with van der Waals surface area (Å²) in [5, 5.41) is 10.4. The SMILES string of the molecule is O=C(NC1CCC1)N[C@@H](CNC(=O)c1ccc(Cl)s1)C(=O)Nc1ccc(N2CCOCC2=O)cc1F. The summed E-state index contributed by atoms with van der Waals surface area (Å²) in [5.74, 6) is -2.23. The van der Waals surface area contributed by atoms with Crippen molar-refractivity contribution in [1.82, 2.24) is 16.0 Å². The summed E-state index contributed by atoms with van der Waals surface area (Å²) < 4.78 is 20.3. The van der Waals surface area contributed by atoms with Crippen LogP contribution in [0.5, 0.6) is 0 Å². The van der Waals surface area contributed by atoms with E-state index in [0.717, 1.165) is 36.7 Å². The summed E-state index contributed by atoms with van der Waals surface area (Å²) in [6.07, 6.45) is 2.71. The largest absolute Gasteiger partial charge is 0.370 e. The zero-order chi connectivity index (χ0) is 25.7. The number of nitrogens with zero attached hydrogens (tertiary/aromatic N) is 1. The van der Waals surface area contributed by atoms with Crippen LogP contribution in [0.4, 0.5) is 20.6 Å². The highest BCUT2D eigenvalue weighted by Gasteiger charge is 2.27. The molecule has 1 aliphatic heterocycles. The molecule has 2 aliphatic rings. The fraction of sp³-hybridized carbons (Fsp3) is 0.391. The van der Waals surface area contributed by atoms with Gasteiger partial charge in [0, 0.05) is 24.8 Å². The topological polar surface area (TPSA) is 129 Å². The van der Waals surface area contributed by atoms with E-state index in [1.54, 1.807) is 12.1 Å². The number of hydrogen-bond acceptors (Lipinski definition) is 6. The Hall–Kier alpha value is -3.22. The van der Waals surface area contributed by atoms with E-state index in [2.05, 4.69) is 21.3 Å². The van der Waals surface area contributed by atoms with Gasteiger partial charge in [-0.15, -0.1) is 11.3 Å². The Bertz CT molecular complexity index is 1160. The Morgan fingerprint density at radius 2 is 2.03 bits per heavy atom. The third kappa shape index (κ3) is 6.50. The Balaban J connectivity index is 1.42. The van der Waals surface area contributed by atoms with Crippen LogP contribution in [0.3, 0.4) is 0 Å². The van der Waals surface area contributed by atoms with Crippen molar-refractivity contribution in [2.75, 3.05) is 36.5 Å². The molecule has 1 saturated carbocycles. The van der Waals surface area contributed by atoms with E-state index in [1.807, 2.05) is 0 Å². The van der Waals surface area contributed by atoms with Crippen molar-refractivity contribution in [3.63, 3.8) is 0 Å². The van der Waals surface area contributed by atoms with Crippen LogP contribution < -0.4 is 26.2 Å². The molecule has 5 amide bonds. The molecule has 0 radical (unpaired) electrons. The number of anilines is 2. The second-order valence-corrected chi connectivity index (χ2v) is 10.1. The third-order valence-corrected chi connectivity index (χ3v) is 7.06. The molecule has 2 heterocycles. The fourth-order valence-corrected chi connectivity index (χ4v) is 4.61. The summed E-state index contributed by atoms with van der Waals surface area (Å²) in [4.78, 5) is 51.6. The second kappa shape index (κ2) is 11.7. The normalized spacial score (nSPS) is 16.6. The molecule has 0 bridgehead atoms. The van der Waals surface area contributed by atoms with Gasteiger partial charge in [0.2, 0.25) is 5.91 Å². The molecule has 36 heavy (non-hydrogen) atoms. The van der Waals surface area contributed by atoms with Gasteiger partial charge < -0.3 is 30.9 Å². The lowest BCUT2D eigenvalue weighted by Crippen LogP contribution is -2.55. The van der Waals surface area contributed by atoms with Crippen molar-refractivity contribution in [1.29, 1.82) is 0 Å². The number of carbonyl (C=O) groups is 4. The quantitative estimate of drug-likeness (QED) is 0.411. The first kappa shape index (κ1) is 25.9. The average Bonchev–Trinajstić information content (AvgIpc) is 3.27. The highest BCUT2D eigenvalue weighted by molar-refractivity contribution is 7.18. The summed E-state index contributed by atoms with van der Waals surface area (Å²) in [7, 11) is 0. The van der Waals surface area contributed by atoms with Crippen LogP contribution in [0.1, 0.15) is 28.9 Å². The maximum Gasteiger partial charge on any atom is 0.315 e. The maximum absolute atomic E-state index is 14.8. The minimum Gasteiger partial charge on any atom is -0.370 e. The summed E-state index contributed by atoms with van der Waals surface area (Å²) >= 11 is 6.95. The fourth-order valence-electron chi connectivity index (χ4n) is 3.65. The van der Waals surface area contributed by atoms with Crippen LogP contribution in [0.2, 0.25) is 4.34 Å². The van der Waals surface area contributed by atoms with E-state index in [4.69, 9.17) is 16.3 Å². The Labute approximate surface area is 215 Å². The number of urea groups is 1. The predicted octanol–water partition coefficient (Wildman–Crippen LogP) is 2.49. The summed E-state index contributed by atoms with van der Waals surface area (Å²) in [6.45, 7) is 0.312. The second-order valence-electron chi connectivity index (χ2n) is 8.36. The molecular formula is C23H25ClFN5O5S. The van der Waals surface area contributed by atoms with Crippen molar-refractivity contribution in [2.45, 2.75) is 31.3 Å². The molecule has 13 heteroatoms. The molecule has 2 fully saturated rings. The zero-order valence-electron chi connectivity index (χ0n) is 19.1. The van der Waals surface area contributed by atoms with Crippen molar-refractivity contribution >= 4 is 58.1 Å².